The third-order valence-electron chi connectivity index (χ3n) is 3.11. The van der Waals surface area contributed by atoms with Gasteiger partial charge in [-0.3, -0.25) is 0 Å². The Morgan fingerprint density at radius 3 is 2.52 bits per heavy atom. The first-order chi connectivity index (χ1) is 9.99. The molecule has 2 aromatic rings. The Bertz CT molecular complexity index is 592. The van der Waals surface area contributed by atoms with Crippen molar-refractivity contribution in [1.29, 1.82) is 0 Å². The lowest BCUT2D eigenvalue weighted by atomic mass is 10.0. The zero-order chi connectivity index (χ0) is 15.4. The fourth-order valence-electron chi connectivity index (χ4n) is 1.93. The van der Waals surface area contributed by atoms with Crippen LogP contribution in [0.1, 0.15) is 28.8 Å². The fraction of sp³-hybridized carbons (Fsp3) is 0.400. The molecule has 0 spiro atoms. The van der Waals surface area contributed by atoms with Crippen LogP contribution >= 0.6 is 11.3 Å². The minimum Gasteiger partial charge on any atom is -0.482 e. The third kappa shape index (κ3) is 4.22. The van der Waals surface area contributed by atoms with Crippen molar-refractivity contribution in [3.63, 3.8) is 0 Å². The first kappa shape index (κ1) is 15.9. The van der Waals surface area contributed by atoms with Crippen molar-refractivity contribution in [2.75, 3.05) is 0 Å². The zero-order valence-electron chi connectivity index (χ0n) is 12.0. The van der Waals surface area contributed by atoms with Crippen LogP contribution in [0.15, 0.2) is 18.3 Å². The molecule has 1 aromatic carbocycles. The average molecular weight is 312 g/mol. The number of benzene rings is 1. The van der Waals surface area contributed by atoms with E-state index in [9.17, 15) is 8.78 Å². The Labute approximate surface area is 126 Å². The van der Waals surface area contributed by atoms with Gasteiger partial charge in [-0.05, 0) is 37.5 Å². The lowest BCUT2D eigenvalue weighted by Gasteiger charge is -2.12. The first-order valence-electron chi connectivity index (χ1n) is 6.77. The largest absolute Gasteiger partial charge is 0.482 e. The second-order valence-corrected chi connectivity index (χ2v) is 6.21. The number of hydrogen-bond acceptors (Lipinski definition) is 4. The predicted octanol–water partition coefficient (Wildman–Crippen LogP) is 3.59. The third-order valence-corrected chi connectivity index (χ3v) is 3.99. The molecule has 6 heteroatoms. The van der Waals surface area contributed by atoms with Gasteiger partial charge in [0.1, 0.15) is 6.61 Å². The van der Waals surface area contributed by atoms with E-state index in [4.69, 9.17) is 10.5 Å². The van der Waals surface area contributed by atoms with E-state index in [0.29, 0.717) is 12.0 Å². The molecule has 0 saturated carbocycles. The maximum Gasteiger partial charge on any atom is 0.191 e. The predicted molar refractivity (Wildman–Crippen MR) is 79.5 cm³/mol. The number of nitrogens with two attached hydrogens (primary N) is 1. The molecule has 0 aliphatic heterocycles. The first-order valence-corrected chi connectivity index (χ1v) is 7.58. The van der Waals surface area contributed by atoms with Crippen molar-refractivity contribution in [2.24, 2.45) is 5.73 Å². The van der Waals surface area contributed by atoms with Gasteiger partial charge in [-0.1, -0.05) is 6.92 Å². The van der Waals surface area contributed by atoms with E-state index >= 15 is 0 Å². The molecule has 0 radical (unpaired) electrons. The van der Waals surface area contributed by atoms with E-state index in [1.54, 1.807) is 6.20 Å². The maximum absolute atomic E-state index is 14.0. The molecular weight excluding hydrogens is 294 g/mol. The van der Waals surface area contributed by atoms with Crippen LogP contribution < -0.4 is 10.5 Å². The Morgan fingerprint density at radius 1 is 1.33 bits per heavy atom. The Morgan fingerprint density at radius 2 is 2.00 bits per heavy atom. The summed E-state index contributed by atoms with van der Waals surface area (Å²) in [5.74, 6) is -1.75. The molecule has 1 heterocycles. The molecule has 0 saturated heterocycles. The van der Waals surface area contributed by atoms with Crippen molar-refractivity contribution < 1.29 is 13.5 Å². The van der Waals surface area contributed by atoms with E-state index in [-0.39, 0.29) is 18.4 Å². The van der Waals surface area contributed by atoms with Gasteiger partial charge in [0.25, 0.3) is 0 Å². The van der Waals surface area contributed by atoms with Gasteiger partial charge in [-0.15, -0.1) is 11.3 Å². The number of halogens is 2. The molecule has 1 aromatic heterocycles. The number of nitrogens with zero attached hydrogens (tertiary/aromatic N) is 1. The van der Waals surface area contributed by atoms with Crippen molar-refractivity contribution in [1.82, 2.24) is 4.98 Å². The van der Waals surface area contributed by atoms with Crippen LogP contribution in [0, 0.1) is 18.6 Å². The second-order valence-electron chi connectivity index (χ2n) is 4.90. The molecule has 0 aliphatic rings. The summed E-state index contributed by atoms with van der Waals surface area (Å²) in [6, 6.07) is 2.47. The van der Waals surface area contributed by atoms with Gasteiger partial charge in [-0.2, -0.15) is 0 Å². The minimum absolute atomic E-state index is 0.101. The monoisotopic (exact) mass is 312 g/mol. The number of thiazole rings is 1. The summed E-state index contributed by atoms with van der Waals surface area (Å²) in [6.07, 6.45) is 2.84. The summed E-state index contributed by atoms with van der Waals surface area (Å²) in [6.45, 7) is 3.90. The molecule has 0 aliphatic carbocycles. The van der Waals surface area contributed by atoms with Crippen molar-refractivity contribution in [3.8, 4) is 5.75 Å². The molecule has 0 amide bonds. The van der Waals surface area contributed by atoms with Crippen LogP contribution in [0.4, 0.5) is 8.78 Å². The Balaban J connectivity index is 2.09. The minimum atomic E-state index is -0.699. The van der Waals surface area contributed by atoms with Crippen molar-refractivity contribution in [3.05, 3.63) is 45.4 Å². The van der Waals surface area contributed by atoms with E-state index in [0.717, 1.165) is 16.3 Å². The molecule has 0 bridgehead atoms. The summed E-state index contributed by atoms with van der Waals surface area (Å²) in [5, 5.41) is 0.887. The van der Waals surface area contributed by atoms with Crippen LogP contribution in [0.3, 0.4) is 0 Å². The maximum atomic E-state index is 14.0. The highest BCUT2D eigenvalue weighted by atomic mass is 32.1. The van der Waals surface area contributed by atoms with E-state index in [1.165, 1.54) is 23.5 Å². The molecule has 1 unspecified atom stereocenters. The summed E-state index contributed by atoms with van der Waals surface area (Å²) < 4.78 is 33.2. The van der Waals surface area contributed by atoms with E-state index in [2.05, 4.69) is 4.98 Å². The van der Waals surface area contributed by atoms with Gasteiger partial charge in [0, 0.05) is 12.2 Å². The molecule has 2 rings (SSSR count). The molecular formula is C15H18F2N2OS. The molecule has 114 valence electrons. The van der Waals surface area contributed by atoms with E-state index in [1.807, 2.05) is 13.8 Å². The zero-order valence-corrected chi connectivity index (χ0v) is 12.8. The smallest absolute Gasteiger partial charge is 0.191 e. The Kier molecular flexibility index (Phi) is 5.25. The topological polar surface area (TPSA) is 48.1 Å². The Hall–Kier alpha value is -1.53. The van der Waals surface area contributed by atoms with Gasteiger partial charge >= 0.3 is 0 Å². The quantitative estimate of drug-likeness (QED) is 0.887. The highest BCUT2D eigenvalue weighted by molar-refractivity contribution is 7.11. The summed E-state index contributed by atoms with van der Waals surface area (Å²) in [5.41, 5.74) is 6.34. The number of rotatable bonds is 6. The number of aromatic nitrogens is 1. The molecule has 3 nitrogen and oxygen atoms in total. The number of aryl methyl sites for hydroxylation is 1. The molecule has 21 heavy (non-hydrogen) atoms. The molecule has 2 N–H and O–H groups in total. The van der Waals surface area contributed by atoms with Gasteiger partial charge in [0.05, 0.1) is 9.88 Å². The standard InChI is InChI=1S/C15H18F2N2OS/c1-3-11(18)4-10-5-13(16)15(14(17)6-10)20-8-12-7-19-9(2)21-12/h5-7,11H,3-4,8,18H2,1-2H3. The van der Waals surface area contributed by atoms with Crippen LogP contribution in [0.25, 0.3) is 0 Å². The SMILES string of the molecule is CCC(N)Cc1cc(F)c(OCc2cnc(C)s2)c(F)c1. The highest BCUT2D eigenvalue weighted by Crippen LogP contribution is 2.25. The summed E-state index contributed by atoms with van der Waals surface area (Å²) in [7, 11) is 0. The second kappa shape index (κ2) is 6.95. The fourth-order valence-corrected chi connectivity index (χ4v) is 2.64. The van der Waals surface area contributed by atoms with Crippen LogP contribution in [0.2, 0.25) is 0 Å². The molecule has 0 fully saturated rings. The number of ether oxygens (including phenoxy) is 1. The van der Waals surface area contributed by atoms with Gasteiger partial charge in [0.2, 0.25) is 0 Å². The normalized spacial score (nSPS) is 12.4. The van der Waals surface area contributed by atoms with Gasteiger partial charge in [-0.25, -0.2) is 13.8 Å². The number of hydrogen-bond donors (Lipinski definition) is 1. The van der Waals surface area contributed by atoms with E-state index < -0.39 is 11.6 Å². The van der Waals surface area contributed by atoms with Crippen molar-refractivity contribution >= 4 is 11.3 Å². The molecule has 1 atom stereocenters. The summed E-state index contributed by atoms with van der Waals surface area (Å²) in [4.78, 5) is 4.89. The van der Waals surface area contributed by atoms with Crippen LogP contribution in [0.5, 0.6) is 5.75 Å². The average Bonchev–Trinajstić information content (AvgIpc) is 2.83. The van der Waals surface area contributed by atoms with Crippen LogP contribution in [-0.4, -0.2) is 11.0 Å². The van der Waals surface area contributed by atoms with Gasteiger partial charge in [0.15, 0.2) is 17.4 Å². The summed E-state index contributed by atoms with van der Waals surface area (Å²) >= 11 is 1.44. The lowest BCUT2D eigenvalue weighted by molar-refractivity contribution is 0.276. The van der Waals surface area contributed by atoms with Crippen LogP contribution in [-0.2, 0) is 13.0 Å². The van der Waals surface area contributed by atoms with Crippen molar-refractivity contribution in [2.45, 2.75) is 39.3 Å². The highest BCUT2D eigenvalue weighted by Gasteiger charge is 2.14. The van der Waals surface area contributed by atoms with Gasteiger partial charge < -0.3 is 10.5 Å². The lowest BCUT2D eigenvalue weighted by Crippen LogP contribution is -2.21.